The second-order valence-electron chi connectivity index (χ2n) is 5.14. The number of methoxy groups -OCH3 is 1. The molecule has 0 aliphatic carbocycles. The molecule has 0 heterocycles. The summed E-state index contributed by atoms with van der Waals surface area (Å²) in [5.74, 6) is 0.873. The Bertz CT molecular complexity index is 532. The number of nitrogens with two attached hydrogens (primary N) is 1. The first-order valence-corrected chi connectivity index (χ1v) is 6.76. The van der Waals surface area contributed by atoms with Crippen molar-refractivity contribution in [2.75, 3.05) is 26.1 Å². The first-order chi connectivity index (χ1) is 9.60. The van der Waals surface area contributed by atoms with Crippen molar-refractivity contribution in [3.63, 3.8) is 0 Å². The van der Waals surface area contributed by atoms with Gasteiger partial charge in [-0.25, -0.2) is 0 Å². The summed E-state index contributed by atoms with van der Waals surface area (Å²) in [7, 11) is 5.74. The summed E-state index contributed by atoms with van der Waals surface area (Å²) in [6, 6.07) is 16.5. The van der Waals surface area contributed by atoms with Gasteiger partial charge in [-0.2, -0.15) is 0 Å². The molecule has 3 nitrogen and oxygen atoms in total. The highest BCUT2D eigenvalue weighted by Crippen LogP contribution is 2.20. The molecule has 0 fully saturated rings. The van der Waals surface area contributed by atoms with Crippen LogP contribution >= 0.6 is 0 Å². The second-order valence-corrected chi connectivity index (χ2v) is 5.14. The van der Waals surface area contributed by atoms with Gasteiger partial charge in [-0.1, -0.05) is 24.3 Å². The van der Waals surface area contributed by atoms with Crippen molar-refractivity contribution in [3.8, 4) is 5.75 Å². The van der Waals surface area contributed by atoms with Gasteiger partial charge >= 0.3 is 0 Å². The van der Waals surface area contributed by atoms with Crippen LogP contribution in [0.5, 0.6) is 5.75 Å². The van der Waals surface area contributed by atoms with E-state index in [1.54, 1.807) is 7.11 Å². The van der Waals surface area contributed by atoms with Gasteiger partial charge in [0.2, 0.25) is 0 Å². The summed E-state index contributed by atoms with van der Waals surface area (Å²) in [4.78, 5) is 2.08. The van der Waals surface area contributed by atoms with E-state index < -0.39 is 0 Å². The Labute approximate surface area is 121 Å². The lowest BCUT2D eigenvalue weighted by atomic mass is 9.99. The lowest BCUT2D eigenvalue weighted by Gasteiger charge is -2.16. The summed E-state index contributed by atoms with van der Waals surface area (Å²) in [6.45, 7) is 0. The van der Waals surface area contributed by atoms with Crippen LogP contribution in [0.1, 0.15) is 17.2 Å². The minimum Gasteiger partial charge on any atom is -0.497 e. The molecule has 0 saturated heterocycles. The minimum atomic E-state index is 0.0135. The van der Waals surface area contributed by atoms with Gasteiger partial charge in [-0.15, -0.1) is 0 Å². The standard InChI is InChI=1S/C17H22N2O/c1-19(2)15-8-6-14(7-9-15)17(18)12-13-4-10-16(20-3)11-5-13/h4-11,17H,12,18H2,1-3H3. The number of nitrogens with zero attached hydrogens (tertiary/aromatic N) is 1. The Balaban J connectivity index is 2.04. The number of benzene rings is 2. The summed E-state index contributed by atoms with van der Waals surface area (Å²) < 4.78 is 5.16. The Kier molecular flexibility index (Phi) is 4.64. The van der Waals surface area contributed by atoms with Gasteiger partial charge < -0.3 is 15.4 Å². The summed E-state index contributed by atoms with van der Waals surface area (Å²) >= 11 is 0. The van der Waals surface area contributed by atoms with Crippen LogP contribution in [0.2, 0.25) is 0 Å². The molecular weight excluding hydrogens is 248 g/mol. The van der Waals surface area contributed by atoms with Crippen LogP contribution < -0.4 is 15.4 Å². The molecule has 0 aromatic heterocycles. The molecule has 0 saturated carbocycles. The largest absolute Gasteiger partial charge is 0.497 e. The fraction of sp³-hybridized carbons (Fsp3) is 0.294. The highest BCUT2D eigenvalue weighted by atomic mass is 16.5. The molecule has 1 unspecified atom stereocenters. The van der Waals surface area contributed by atoms with Gasteiger partial charge in [-0.05, 0) is 41.8 Å². The van der Waals surface area contributed by atoms with Gasteiger partial charge in [0.15, 0.2) is 0 Å². The molecule has 3 heteroatoms. The Morgan fingerprint density at radius 3 is 2.10 bits per heavy atom. The number of hydrogen-bond acceptors (Lipinski definition) is 3. The first kappa shape index (κ1) is 14.4. The van der Waals surface area contributed by atoms with Crippen LogP contribution in [0.4, 0.5) is 5.69 Å². The minimum absolute atomic E-state index is 0.0135. The van der Waals surface area contributed by atoms with Crippen molar-refractivity contribution in [1.82, 2.24) is 0 Å². The van der Waals surface area contributed by atoms with Crippen molar-refractivity contribution in [1.29, 1.82) is 0 Å². The molecule has 0 aliphatic heterocycles. The van der Waals surface area contributed by atoms with E-state index in [0.717, 1.165) is 17.7 Å². The number of rotatable bonds is 5. The predicted octanol–water partition coefficient (Wildman–Crippen LogP) is 3.00. The van der Waals surface area contributed by atoms with Crippen molar-refractivity contribution in [2.45, 2.75) is 12.5 Å². The normalized spacial score (nSPS) is 12.0. The zero-order chi connectivity index (χ0) is 14.5. The summed E-state index contributed by atoms with van der Waals surface area (Å²) in [6.07, 6.45) is 0.825. The molecule has 0 radical (unpaired) electrons. The van der Waals surface area contributed by atoms with Crippen LogP contribution in [-0.4, -0.2) is 21.2 Å². The summed E-state index contributed by atoms with van der Waals surface area (Å²) in [5.41, 5.74) is 9.84. The van der Waals surface area contributed by atoms with Gasteiger partial charge in [0, 0.05) is 25.8 Å². The number of anilines is 1. The average Bonchev–Trinajstić information content (AvgIpc) is 2.48. The van der Waals surface area contributed by atoms with E-state index in [1.165, 1.54) is 11.3 Å². The molecular formula is C17H22N2O. The van der Waals surface area contributed by atoms with E-state index in [1.807, 2.05) is 26.2 Å². The van der Waals surface area contributed by atoms with Gasteiger partial charge in [0.25, 0.3) is 0 Å². The average molecular weight is 270 g/mol. The number of ether oxygens (including phenoxy) is 1. The third-order valence-corrected chi connectivity index (χ3v) is 3.45. The van der Waals surface area contributed by atoms with Crippen LogP contribution in [0.25, 0.3) is 0 Å². The second kappa shape index (κ2) is 6.44. The zero-order valence-electron chi connectivity index (χ0n) is 12.3. The third kappa shape index (κ3) is 3.52. The Morgan fingerprint density at radius 2 is 1.60 bits per heavy atom. The quantitative estimate of drug-likeness (QED) is 0.907. The molecule has 0 amide bonds. The van der Waals surface area contributed by atoms with Crippen LogP contribution in [-0.2, 0) is 6.42 Å². The zero-order valence-corrected chi connectivity index (χ0v) is 12.3. The first-order valence-electron chi connectivity index (χ1n) is 6.76. The maximum Gasteiger partial charge on any atom is 0.118 e. The monoisotopic (exact) mass is 270 g/mol. The maximum atomic E-state index is 6.28. The lowest BCUT2D eigenvalue weighted by Crippen LogP contribution is -2.14. The lowest BCUT2D eigenvalue weighted by molar-refractivity contribution is 0.414. The Hall–Kier alpha value is -2.00. The highest BCUT2D eigenvalue weighted by Gasteiger charge is 2.07. The van der Waals surface area contributed by atoms with E-state index in [9.17, 15) is 0 Å². The van der Waals surface area contributed by atoms with Crippen LogP contribution in [0, 0.1) is 0 Å². The van der Waals surface area contributed by atoms with Crippen molar-refractivity contribution in [2.24, 2.45) is 5.73 Å². The van der Waals surface area contributed by atoms with Gasteiger partial charge in [0.05, 0.1) is 7.11 Å². The SMILES string of the molecule is COc1ccc(CC(N)c2ccc(N(C)C)cc2)cc1. The molecule has 2 aromatic carbocycles. The van der Waals surface area contributed by atoms with E-state index in [0.29, 0.717) is 0 Å². The topological polar surface area (TPSA) is 38.5 Å². The highest BCUT2D eigenvalue weighted by molar-refractivity contribution is 5.46. The molecule has 1 atom stereocenters. The molecule has 0 bridgehead atoms. The van der Waals surface area contributed by atoms with Gasteiger partial charge in [-0.3, -0.25) is 0 Å². The van der Waals surface area contributed by atoms with E-state index in [4.69, 9.17) is 10.5 Å². The smallest absolute Gasteiger partial charge is 0.118 e. The molecule has 2 rings (SSSR count). The third-order valence-electron chi connectivity index (χ3n) is 3.45. The Morgan fingerprint density at radius 1 is 1.00 bits per heavy atom. The van der Waals surface area contributed by atoms with Crippen molar-refractivity contribution < 1.29 is 4.74 Å². The van der Waals surface area contributed by atoms with E-state index in [2.05, 4.69) is 41.3 Å². The predicted molar refractivity (Wildman–Crippen MR) is 84.4 cm³/mol. The van der Waals surface area contributed by atoms with Crippen molar-refractivity contribution in [3.05, 3.63) is 59.7 Å². The molecule has 2 N–H and O–H groups in total. The molecule has 106 valence electrons. The van der Waals surface area contributed by atoms with Gasteiger partial charge in [0.1, 0.15) is 5.75 Å². The summed E-state index contributed by atoms with van der Waals surface area (Å²) in [5, 5.41) is 0. The van der Waals surface area contributed by atoms with Crippen LogP contribution in [0.15, 0.2) is 48.5 Å². The van der Waals surface area contributed by atoms with Crippen LogP contribution in [0.3, 0.4) is 0 Å². The molecule has 0 aliphatic rings. The molecule has 20 heavy (non-hydrogen) atoms. The fourth-order valence-electron chi connectivity index (χ4n) is 2.15. The number of hydrogen-bond donors (Lipinski definition) is 1. The van der Waals surface area contributed by atoms with Crippen molar-refractivity contribution >= 4 is 5.69 Å². The van der Waals surface area contributed by atoms with E-state index in [-0.39, 0.29) is 6.04 Å². The fourth-order valence-corrected chi connectivity index (χ4v) is 2.15. The molecule has 0 spiro atoms. The van der Waals surface area contributed by atoms with E-state index >= 15 is 0 Å². The maximum absolute atomic E-state index is 6.28. The molecule has 2 aromatic rings.